The fourth-order valence-electron chi connectivity index (χ4n) is 3.53. The summed E-state index contributed by atoms with van der Waals surface area (Å²) in [6.07, 6.45) is 0.0540. The molecule has 3 amide bonds. The van der Waals surface area contributed by atoms with Crippen molar-refractivity contribution in [1.29, 1.82) is 0 Å². The Labute approximate surface area is 161 Å². The molecule has 0 radical (unpaired) electrons. The third-order valence-electron chi connectivity index (χ3n) is 4.80. The molecular weight excluding hydrogens is 365 g/mol. The molecule has 0 bridgehead atoms. The molecule has 0 aliphatic carbocycles. The van der Waals surface area contributed by atoms with E-state index in [-0.39, 0.29) is 6.42 Å². The fourth-order valence-corrected chi connectivity index (χ4v) is 3.53. The fraction of sp³-hybridized carbons (Fsp3) is 0.250. The highest BCUT2D eigenvalue weighted by Crippen LogP contribution is 2.42. The molecule has 0 spiro atoms. The smallest absolute Gasteiger partial charge is 0.323 e. The molecule has 146 valence electrons. The van der Waals surface area contributed by atoms with E-state index in [1.165, 1.54) is 36.3 Å². The summed E-state index contributed by atoms with van der Waals surface area (Å²) in [5.74, 6) is -2.44. The molecule has 1 saturated heterocycles. The van der Waals surface area contributed by atoms with E-state index in [1.807, 2.05) is 0 Å². The van der Waals surface area contributed by atoms with Crippen molar-refractivity contribution in [2.75, 3.05) is 12.4 Å². The SMILES string of the molecule is COC(=O)C1CC(C(N)=O)N(C(=O)Nc2ccc(F)cc2)C1c1ccccc1. The number of nitrogens with two attached hydrogens (primary N) is 1. The van der Waals surface area contributed by atoms with Crippen LogP contribution in [0.15, 0.2) is 54.6 Å². The van der Waals surface area contributed by atoms with Crippen LogP contribution in [0.4, 0.5) is 14.9 Å². The molecule has 8 heteroatoms. The maximum Gasteiger partial charge on any atom is 0.323 e. The minimum atomic E-state index is -0.991. The second kappa shape index (κ2) is 8.08. The Morgan fingerprint density at radius 1 is 1.11 bits per heavy atom. The number of halogens is 1. The first-order valence-electron chi connectivity index (χ1n) is 8.69. The van der Waals surface area contributed by atoms with E-state index in [2.05, 4.69) is 5.32 Å². The number of carbonyl (C=O) groups excluding carboxylic acids is 3. The summed E-state index contributed by atoms with van der Waals surface area (Å²) < 4.78 is 18.0. The van der Waals surface area contributed by atoms with Crippen LogP contribution in [0.5, 0.6) is 0 Å². The summed E-state index contributed by atoms with van der Waals surface area (Å²) in [6.45, 7) is 0. The zero-order valence-corrected chi connectivity index (χ0v) is 15.2. The first-order valence-corrected chi connectivity index (χ1v) is 8.69. The van der Waals surface area contributed by atoms with Crippen molar-refractivity contribution < 1.29 is 23.5 Å². The minimum absolute atomic E-state index is 0.0540. The van der Waals surface area contributed by atoms with Crippen LogP contribution in [-0.4, -0.2) is 36.0 Å². The number of likely N-dealkylation sites (tertiary alicyclic amines) is 1. The number of benzene rings is 2. The number of methoxy groups -OCH3 is 1. The van der Waals surface area contributed by atoms with Gasteiger partial charge in [-0.15, -0.1) is 0 Å². The van der Waals surface area contributed by atoms with Gasteiger partial charge >= 0.3 is 12.0 Å². The molecule has 7 nitrogen and oxygen atoms in total. The molecule has 1 fully saturated rings. The zero-order valence-electron chi connectivity index (χ0n) is 15.2. The van der Waals surface area contributed by atoms with Crippen LogP contribution < -0.4 is 11.1 Å². The van der Waals surface area contributed by atoms with Gasteiger partial charge in [-0.1, -0.05) is 30.3 Å². The minimum Gasteiger partial charge on any atom is -0.469 e. The summed E-state index contributed by atoms with van der Waals surface area (Å²) >= 11 is 0. The normalized spacial score (nSPS) is 21.2. The van der Waals surface area contributed by atoms with Gasteiger partial charge in [-0.05, 0) is 36.2 Å². The van der Waals surface area contributed by atoms with Crippen molar-refractivity contribution in [2.45, 2.75) is 18.5 Å². The van der Waals surface area contributed by atoms with Gasteiger partial charge in [-0.3, -0.25) is 9.59 Å². The molecule has 28 heavy (non-hydrogen) atoms. The number of hydrogen-bond donors (Lipinski definition) is 2. The summed E-state index contributed by atoms with van der Waals surface area (Å²) in [5, 5.41) is 2.63. The lowest BCUT2D eigenvalue weighted by Gasteiger charge is -2.30. The Balaban J connectivity index is 1.99. The second-order valence-corrected chi connectivity index (χ2v) is 6.48. The van der Waals surface area contributed by atoms with Crippen LogP contribution in [0.1, 0.15) is 18.0 Å². The van der Waals surface area contributed by atoms with Gasteiger partial charge in [0, 0.05) is 5.69 Å². The van der Waals surface area contributed by atoms with E-state index in [1.54, 1.807) is 30.3 Å². The van der Waals surface area contributed by atoms with Gasteiger partial charge in [0.2, 0.25) is 5.91 Å². The average molecular weight is 385 g/mol. The predicted molar refractivity (Wildman–Crippen MR) is 99.5 cm³/mol. The molecule has 1 aliphatic heterocycles. The Hall–Kier alpha value is -3.42. The van der Waals surface area contributed by atoms with Crippen molar-refractivity contribution in [3.05, 3.63) is 66.0 Å². The predicted octanol–water partition coefficient (Wildman–Crippen LogP) is 2.45. The third kappa shape index (κ3) is 3.80. The standard InChI is InChI=1S/C20H20FN3O4/c1-28-19(26)15-11-16(18(22)25)24(17(15)12-5-3-2-4-6-12)20(27)23-14-9-7-13(21)8-10-14/h2-10,15-17H,11H2,1H3,(H2,22,25)(H,23,27). The van der Waals surface area contributed by atoms with E-state index in [0.717, 1.165) is 0 Å². The van der Waals surface area contributed by atoms with Crippen LogP contribution in [0, 0.1) is 11.7 Å². The topological polar surface area (TPSA) is 102 Å². The van der Waals surface area contributed by atoms with Gasteiger partial charge in [-0.25, -0.2) is 9.18 Å². The Kier molecular flexibility index (Phi) is 5.58. The van der Waals surface area contributed by atoms with Crippen molar-refractivity contribution in [3.63, 3.8) is 0 Å². The number of carbonyl (C=O) groups is 3. The number of amides is 3. The molecule has 2 aromatic rings. The van der Waals surface area contributed by atoms with Crippen molar-refractivity contribution in [1.82, 2.24) is 4.90 Å². The lowest BCUT2D eigenvalue weighted by atomic mass is 9.93. The second-order valence-electron chi connectivity index (χ2n) is 6.48. The number of anilines is 1. The van der Waals surface area contributed by atoms with E-state index >= 15 is 0 Å². The van der Waals surface area contributed by atoms with E-state index in [0.29, 0.717) is 11.3 Å². The monoisotopic (exact) mass is 385 g/mol. The highest BCUT2D eigenvalue weighted by atomic mass is 19.1. The Morgan fingerprint density at radius 3 is 2.32 bits per heavy atom. The van der Waals surface area contributed by atoms with E-state index in [4.69, 9.17) is 10.5 Å². The summed E-state index contributed by atoms with van der Waals surface area (Å²) in [7, 11) is 1.25. The first-order chi connectivity index (χ1) is 13.4. The summed E-state index contributed by atoms with van der Waals surface area (Å²) in [6, 6.07) is 11.8. The van der Waals surface area contributed by atoms with Crippen LogP contribution in [0.3, 0.4) is 0 Å². The molecule has 3 rings (SSSR count). The number of primary amides is 1. The van der Waals surface area contributed by atoms with Gasteiger partial charge in [0.1, 0.15) is 11.9 Å². The number of rotatable bonds is 4. The number of esters is 1. The first kappa shape index (κ1) is 19.3. The van der Waals surface area contributed by atoms with E-state index < -0.39 is 41.7 Å². The third-order valence-corrected chi connectivity index (χ3v) is 4.80. The number of nitrogens with zero attached hydrogens (tertiary/aromatic N) is 1. The highest BCUT2D eigenvalue weighted by Gasteiger charge is 2.50. The largest absolute Gasteiger partial charge is 0.469 e. The molecular formula is C20H20FN3O4. The van der Waals surface area contributed by atoms with Crippen molar-refractivity contribution in [2.24, 2.45) is 11.7 Å². The highest BCUT2D eigenvalue weighted by molar-refractivity contribution is 5.95. The zero-order chi connectivity index (χ0) is 20.3. The van der Waals surface area contributed by atoms with Gasteiger partial charge in [0.25, 0.3) is 0 Å². The lowest BCUT2D eigenvalue weighted by Crippen LogP contribution is -2.46. The van der Waals surface area contributed by atoms with Gasteiger partial charge in [0.05, 0.1) is 19.1 Å². The van der Waals surface area contributed by atoms with Crippen LogP contribution >= 0.6 is 0 Å². The molecule has 0 aromatic heterocycles. The van der Waals surface area contributed by atoms with Crippen LogP contribution in [0.2, 0.25) is 0 Å². The molecule has 0 saturated carbocycles. The number of hydrogen-bond acceptors (Lipinski definition) is 4. The summed E-state index contributed by atoms with van der Waals surface area (Å²) in [5.41, 5.74) is 6.55. The molecule has 1 heterocycles. The molecule has 2 aromatic carbocycles. The molecule has 3 atom stereocenters. The molecule has 3 unspecified atom stereocenters. The van der Waals surface area contributed by atoms with Gasteiger partial charge in [0.15, 0.2) is 0 Å². The maximum atomic E-state index is 13.1. The van der Waals surface area contributed by atoms with Crippen LogP contribution in [0.25, 0.3) is 0 Å². The van der Waals surface area contributed by atoms with Crippen molar-refractivity contribution in [3.8, 4) is 0 Å². The van der Waals surface area contributed by atoms with Crippen LogP contribution in [-0.2, 0) is 14.3 Å². The Morgan fingerprint density at radius 2 is 1.75 bits per heavy atom. The Bertz CT molecular complexity index is 873. The number of urea groups is 1. The number of nitrogens with one attached hydrogen (secondary N) is 1. The quantitative estimate of drug-likeness (QED) is 0.789. The van der Waals surface area contributed by atoms with Gasteiger partial charge in [-0.2, -0.15) is 0 Å². The van der Waals surface area contributed by atoms with Crippen molar-refractivity contribution >= 4 is 23.6 Å². The lowest BCUT2D eigenvalue weighted by molar-refractivity contribution is -0.146. The molecule has 1 aliphatic rings. The number of ether oxygens (including phenoxy) is 1. The molecule has 3 N–H and O–H groups in total. The summed E-state index contributed by atoms with van der Waals surface area (Å²) in [4.78, 5) is 38.7. The van der Waals surface area contributed by atoms with E-state index in [9.17, 15) is 18.8 Å². The average Bonchev–Trinajstić information content (AvgIpc) is 3.11. The maximum absolute atomic E-state index is 13.1. The van der Waals surface area contributed by atoms with Gasteiger partial charge < -0.3 is 20.7 Å².